The number of ketones is 1. The summed E-state index contributed by atoms with van der Waals surface area (Å²) in [4.78, 5) is 13.2. The molecular weight excluding hydrogens is 224 g/mol. The lowest BCUT2D eigenvalue weighted by Crippen LogP contribution is -2.16. The summed E-state index contributed by atoms with van der Waals surface area (Å²) in [5.41, 5.74) is 0. The Bertz CT molecular complexity index is 359. The summed E-state index contributed by atoms with van der Waals surface area (Å²) < 4.78 is 0. The van der Waals surface area contributed by atoms with Gasteiger partial charge in [-0.3, -0.25) is 4.79 Å². The van der Waals surface area contributed by atoms with Crippen LogP contribution >= 0.6 is 11.8 Å². The minimum Gasteiger partial charge on any atom is -0.299 e. The molecule has 1 aromatic rings. The molecule has 0 N–H and O–H groups in total. The van der Waals surface area contributed by atoms with Crippen molar-refractivity contribution in [2.24, 2.45) is 13.0 Å². The van der Waals surface area contributed by atoms with E-state index >= 15 is 0 Å². The molecule has 0 bridgehead atoms. The lowest BCUT2D eigenvalue weighted by Gasteiger charge is -2.19. The predicted molar refractivity (Wildman–Crippen MR) is 62.2 cm³/mol. The maximum atomic E-state index is 11.8. The topological polar surface area (TPSA) is 60.7 Å². The van der Waals surface area contributed by atoms with Crippen LogP contribution in [0.2, 0.25) is 0 Å². The molecule has 16 heavy (non-hydrogen) atoms. The number of rotatable bonds is 4. The molecule has 0 spiro atoms. The van der Waals surface area contributed by atoms with E-state index in [1.807, 2.05) is 11.8 Å². The van der Waals surface area contributed by atoms with Crippen LogP contribution in [-0.2, 0) is 18.3 Å². The number of carbonyl (C=O) groups excluding carboxylic acids is 1. The fourth-order valence-electron chi connectivity index (χ4n) is 1.92. The first-order valence-electron chi connectivity index (χ1n) is 5.56. The van der Waals surface area contributed by atoms with E-state index in [2.05, 4.69) is 15.4 Å². The van der Waals surface area contributed by atoms with Gasteiger partial charge in [-0.15, -0.1) is 10.2 Å². The van der Waals surface area contributed by atoms with E-state index in [4.69, 9.17) is 0 Å². The second kappa shape index (κ2) is 5.43. The largest absolute Gasteiger partial charge is 0.299 e. The van der Waals surface area contributed by atoms with Crippen LogP contribution in [0.1, 0.15) is 25.1 Å². The fourth-order valence-corrected chi connectivity index (χ4v) is 3.12. The second-order valence-corrected chi connectivity index (χ2v) is 5.40. The van der Waals surface area contributed by atoms with Crippen molar-refractivity contribution in [3.05, 3.63) is 5.82 Å². The maximum absolute atomic E-state index is 11.8. The Labute approximate surface area is 99.0 Å². The lowest BCUT2D eigenvalue weighted by atomic mass is 9.95. The first-order chi connectivity index (χ1) is 7.74. The van der Waals surface area contributed by atoms with Gasteiger partial charge in [-0.05, 0) is 35.5 Å². The SMILES string of the molecule is Cn1nnc(CC(=O)CC2CCSCC2)n1. The highest BCUT2D eigenvalue weighted by Gasteiger charge is 2.18. The van der Waals surface area contributed by atoms with Gasteiger partial charge in [-0.25, -0.2) is 0 Å². The van der Waals surface area contributed by atoms with E-state index in [0.717, 1.165) is 0 Å². The van der Waals surface area contributed by atoms with Crippen LogP contribution < -0.4 is 0 Å². The highest BCUT2D eigenvalue weighted by molar-refractivity contribution is 7.99. The van der Waals surface area contributed by atoms with Crippen molar-refractivity contribution < 1.29 is 4.79 Å². The molecule has 0 amide bonds. The summed E-state index contributed by atoms with van der Waals surface area (Å²) in [6, 6.07) is 0. The van der Waals surface area contributed by atoms with E-state index in [1.165, 1.54) is 29.1 Å². The van der Waals surface area contributed by atoms with Gasteiger partial charge >= 0.3 is 0 Å². The molecule has 1 aliphatic heterocycles. The quantitative estimate of drug-likeness (QED) is 0.781. The summed E-state index contributed by atoms with van der Waals surface area (Å²) >= 11 is 1.98. The second-order valence-electron chi connectivity index (χ2n) is 4.17. The zero-order valence-electron chi connectivity index (χ0n) is 9.43. The Hall–Kier alpha value is -0.910. The van der Waals surface area contributed by atoms with Gasteiger partial charge in [0.1, 0.15) is 5.78 Å². The average molecular weight is 240 g/mol. The highest BCUT2D eigenvalue weighted by atomic mass is 32.2. The molecule has 1 fully saturated rings. The zero-order chi connectivity index (χ0) is 11.4. The molecular formula is C10H16N4OS. The Morgan fingerprint density at radius 3 is 2.88 bits per heavy atom. The van der Waals surface area contributed by atoms with Crippen molar-refractivity contribution in [1.82, 2.24) is 20.2 Å². The van der Waals surface area contributed by atoms with Gasteiger partial charge in [-0.2, -0.15) is 16.6 Å². The van der Waals surface area contributed by atoms with Crippen molar-refractivity contribution in [3.8, 4) is 0 Å². The molecule has 88 valence electrons. The Morgan fingerprint density at radius 2 is 2.25 bits per heavy atom. The number of hydrogen-bond acceptors (Lipinski definition) is 5. The number of hydrogen-bond donors (Lipinski definition) is 0. The van der Waals surface area contributed by atoms with Gasteiger partial charge in [0.05, 0.1) is 13.5 Å². The molecule has 1 aliphatic rings. The molecule has 5 nitrogen and oxygen atoms in total. The van der Waals surface area contributed by atoms with E-state index in [9.17, 15) is 4.79 Å². The first-order valence-corrected chi connectivity index (χ1v) is 6.72. The third-order valence-electron chi connectivity index (χ3n) is 2.76. The number of Topliss-reactive ketones (excluding diaryl/α,β-unsaturated/α-hetero) is 1. The fraction of sp³-hybridized carbons (Fsp3) is 0.800. The van der Waals surface area contributed by atoms with Gasteiger partial charge in [0.25, 0.3) is 0 Å². The van der Waals surface area contributed by atoms with Crippen LogP contribution in [0.25, 0.3) is 0 Å². The van der Waals surface area contributed by atoms with Crippen molar-refractivity contribution >= 4 is 17.5 Å². The Morgan fingerprint density at radius 1 is 1.50 bits per heavy atom. The summed E-state index contributed by atoms with van der Waals surface area (Å²) in [5, 5.41) is 11.6. The van der Waals surface area contributed by atoms with Gasteiger partial charge in [0, 0.05) is 6.42 Å². The Balaban J connectivity index is 1.79. The molecule has 0 atom stereocenters. The number of nitrogens with zero attached hydrogens (tertiary/aromatic N) is 4. The van der Waals surface area contributed by atoms with E-state index in [1.54, 1.807) is 7.05 Å². The number of aromatic nitrogens is 4. The number of carbonyl (C=O) groups is 1. The minimum absolute atomic E-state index is 0.241. The lowest BCUT2D eigenvalue weighted by molar-refractivity contribution is -0.119. The zero-order valence-corrected chi connectivity index (χ0v) is 10.2. The van der Waals surface area contributed by atoms with Crippen LogP contribution in [-0.4, -0.2) is 37.5 Å². The summed E-state index contributed by atoms with van der Waals surface area (Å²) in [7, 11) is 1.71. The molecule has 0 aliphatic carbocycles. The van der Waals surface area contributed by atoms with Crippen LogP contribution in [0.5, 0.6) is 0 Å². The number of aryl methyl sites for hydroxylation is 1. The average Bonchev–Trinajstić information content (AvgIpc) is 2.65. The molecule has 1 aromatic heterocycles. The molecule has 2 rings (SSSR count). The Kier molecular flexibility index (Phi) is 3.93. The van der Waals surface area contributed by atoms with Gasteiger partial charge < -0.3 is 0 Å². The van der Waals surface area contributed by atoms with Crippen LogP contribution in [0.3, 0.4) is 0 Å². The number of thioether (sulfide) groups is 1. The summed E-state index contributed by atoms with van der Waals surface area (Å²) in [5.74, 6) is 3.75. The summed E-state index contributed by atoms with van der Waals surface area (Å²) in [6.45, 7) is 0. The molecule has 0 saturated carbocycles. The monoisotopic (exact) mass is 240 g/mol. The van der Waals surface area contributed by atoms with Gasteiger partial charge in [0.15, 0.2) is 5.82 Å². The van der Waals surface area contributed by atoms with E-state index < -0.39 is 0 Å². The summed E-state index contributed by atoms with van der Waals surface area (Å²) in [6.07, 6.45) is 3.35. The van der Waals surface area contributed by atoms with Crippen molar-refractivity contribution in [2.75, 3.05) is 11.5 Å². The smallest absolute Gasteiger partial charge is 0.182 e. The molecule has 0 unspecified atom stereocenters. The predicted octanol–water partition coefficient (Wildman–Crippen LogP) is 0.855. The number of tetrazole rings is 1. The third-order valence-corrected chi connectivity index (χ3v) is 3.81. The van der Waals surface area contributed by atoms with E-state index in [0.29, 0.717) is 24.6 Å². The maximum Gasteiger partial charge on any atom is 0.182 e. The molecule has 0 radical (unpaired) electrons. The van der Waals surface area contributed by atoms with Crippen LogP contribution in [0, 0.1) is 5.92 Å². The minimum atomic E-state index is 0.241. The van der Waals surface area contributed by atoms with Crippen LogP contribution in [0.15, 0.2) is 0 Å². The third kappa shape index (κ3) is 3.30. The van der Waals surface area contributed by atoms with Crippen molar-refractivity contribution in [2.45, 2.75) is 25.7 Å². The van der Waals surface area contributed by atoms with Gasteiger partial charge in [0.2, 0.25) is 0 Å². The van der Waals surface area contributed by atoms with Crippen molar-refractivity contribution in [3.63, 3.8) is 0 Å². The molecule has 2 heterocycles. The molecule has 1 saturated heterocycles. The molecule has 6 heteroatoms. The first kappa shape index (κ1) is 11.6. The standard InChI is InChI=1S/C10H16N4OS/c1-14-12-10(11-13-14)7-9(15)6-8-2-4-16-5-3-8/h8H,2-7H2,1H3. The van der Waals surface area contributed by atoms with Crippen molar-refractivity contribution in [1.29, 1.82) is 0 Å². The highest BCUT2D eigenvalue weighted by Crippen LogP contribution is 2.25. The molecule has 0 aromatic carbocycles. The normalized spacial score (nSPS) is 17.6. The van der Waals surface area contributed by atoms with Gasteiger partial charge in [-0.1, -0.05) is 0 Å². The van der Waals surface area contributed by atoms with E-state index in [-0.39, 0.29) is 5.78 Å². The van der Waals surface area contributed by atoms with Crippen LogP contribution in [0.4, 0.5) is 0 Å².